The van der Waals surface area contributed by atoms with E-state index in [0.717, 1.165) is 28.4 Å². The molecule has 1 amide bonds. The molecule has 0 spiro atoms. The minimum Gasteiger partial charge on any atom is -0.497 e. The van der Waals surface area contributed by atoms with Gasteiger partial charge in [0.15, 0.2) is 0 Å². The van der Waals surface area contributed by atoms with Gasteiger partial charge in [0.25, 0.3) is 5.91 Å². The summed E-state index contributed by atoms with van der Waals surface area (Å²) in [5, 5.41) is 11.1. The van der Waals surface area contributed by atoms with Crippen LogP contribution in [0.25, 0.3) is 5.69 Å². The van der Waals surface area contributed by atoms with Gasteiger partial charge in [-0.25, -0.2) is 9.67 Å². The monoisotopic (exact) mass is 401 g/mol. The van der Waals surface area contributed by atoms with Crippen molar-refractivity contribution >= 4 is 5.91 Å². The topological polar surface area (TPSA) is 102 Å². The lowest BCUT2D eigenvalue weighted by atomic mass is 9.90. The first kappa shape index (κ1) is 18.0. The van der Waals surface area contributed by atoms with Crippen molar-refractivity contribution in [2.45, 2.75) is 12.5 Å². The van der Waals surface area contributed by atoms with Crippen molar-refractivity contribution in [3.8, 4) is 11.4 Å². The number of carbonyl (C=O) groups excluding carboxylic acids is 1. The van der Waals surface area contributed by atoms with Crippen LogP contribution in [0.15, 0.2) is 61.2 Å². The Morgan fingerprint density at radius 2 is 1.93 bits per heavy atom. The maximum absolute atomic E-state index is 13.2. The van der Waals surface area contributed by atoms with Gasteiger partial charge >= 0.3 is 0 Å². The summed E-state index contributed by atoms with van der Waals surface area (Å²) < 4.78 is 6.81. The van der Waals surface area contributed by atoms with E-state index in [1.54, 1.807) is 30.3 Å². The van der Waals surface area contributed by atoms with Gasteiger partial charge in [-0.3, -0.25) is 4.79 Å². The van der Waals surface area contributed by atoms with Crippen LogP contribution in [0.5, 0.6) is 5.75 Å². The number of aromatic amines is 1. The van der Waals surface area contributed by atoms with E-state index in [-0.39, 0.29) is 11.8 Å². The van der Waals surface area contributed by atoms with Crippen LogP contribution in [0.4, 0.5) is 0 Å². The van der Waals surface area contributed by atoms with Gasteiger partial charge in [-0.2, -0.15) is 0 Å². The normalized spacial score (nSPS) is 15.6. The standard InChI is InChI=1S/C21H19N7O2/c1-30-17-8-4-14(5-9-17)18-10-27(11-19-20(18)23-12-22-19)21(29)15-2-6-16(7-3-15)28-13-24-25-26-28/h2-9,12-13,18H,10-11H2,1H3,(H,22,23). The maximum Gasteiger partial charge on any atom is 0.254 e. The highest BCUT2D eigenvalue weighted by atomic mass is 16.5. The summed E-state index contributed by atoms with van der Waals surface area (Å²) >= 11 is 0. The fraction of sp³-hybridized carbons (Fsp3) is 0.190. The first-order valence-corrected chi connectivity index (χ1v) is 9.51. The van der Waals surface area contributed by atoms with Gasteiger partial charge < -0.3 is 14.6 Å². The van der Waals surface area contributed by atoms with Crippen LogP contribution in [0, 0.1) is 0 Å². The Morgan fingerprint density at radius 1 is 1.13 bits per heavy atom. The summed E-state index contributed by atoms with van der Waals surface area (Å²) in [5.74, 6) is 0.764. The zero-order valence-electron chi connectivity index (χ0n) is 16.3. The van der Waals surface area contributed by atoms with E-state index in [9.17, 15) is 4.79 Å². The lowest BCUT2D eigenvalue weighted by Crippen LogP contribution is -2.38. The van der Waals surface area contributed by atoms with Crippen molar-refractivity contribution in [2.75, 3.05) is 13.7 Å². The smallest absolute Gasteiger partial charge is 0.254 e. The van der Waals surface area contributed by atoms with E-state index in [4.69, 9.17) is 4.74 Å². The molecule has 9 nitrogen and oxygen atoms in total. The number of nitrogens with zero attached hydrogens (tertiary/aromatic N) is 6. The Labute approximate surface area is 172 Å². The number of amides is 1. The first-order valence-electron chi connectivity index (χ1n) is 9.51. The van der Waals surface area contributed by atoms with Crippen LogP contribution in [0.2, 0.25) is 0 Å². The van der Waals surface area contributed by atoms with Crippen molar-refractivity contribution < 1.29 is 9.53 Å². The highest BCUT2D eigenvalue weighted by Crippen LogP contribution is 2.33. The van der Waals surface area contributed by atoms with Crippen molar-refractivity contribution in [3.63, 3.8) is 0 Å². The number of hydrogen-bond acceptors (Lipinski definition) is 6. The Kier molecular flexibility index (Phi) is 4.47. The highest BCUT2D eigenvalue weighted by molar-refractivity contribution is 5.94. The average Bonchev–Trinajstić information content (AvgIpc) is 3.50. The number of H-pyrrole nitrogens is 1. The molecular formula is C21H19N7O2. The van der Waals surface area contributed by atoms with Crippen LogP contribution < -0.4 is 4.74 Å². The van der Waals surface area contributed by atoms with Gasteiger partial charge in [-0.15, -0.1) is 5.10 Å². The van der Waals surface area contributed by atoms with Crippen LogP contribution in [0.1, 0.15) is 33.2 Å². The number of ether oxygens (including phenoxy) is 1. The Balaban J connectivity index is 1.41. The molecule has 9 heteroatoms. The predicted octanol–water partition coefficient (Wildman–Crippen LogP) is 2.18. The quantitative estimate of drug-likeness (QED) is 0.562. The number of nitrogens with one attached hydrogen (secondary N) is 1. The number of carbonyl (C=O) groups is 1. The molecule has 2 aromatic heterocycles. The van der Waals surface area contributed by atoms with Gasteiger partial charge in [0.2, 0.25) is 0 Å². The molecule has 0 aliphatic carbocycles. The minimum atomic E-state index is -0.0305. The third-order valence-corrected chi connectivity index (χ3v) is 5.37. The second kappa shape index (κ2) is 7.43. The molecule has 1 unspecified atom stereocenters. The molecule has 0 bridgehead atoms. The third kappa shape index (κ3) is 3.20. The Hall–Kier alpha value is -4.01. The molecule has 1 atom stereocenters. The van der Waals surface area contributed by atoms with Gasteiger partial charge in [0.05, 0.1) is 37.1 Å². The molecule has 0 radical (unpaired) electrons. The van der Waals surface area contributed by atoms with E-state index in [2.05, 4.69) is 25.5 Å². The average molecular weight is 401 g/mol. The zero-order chi connectivity index (χ0) is 20.5. The molecule has 0 saturated heterocycles. The van der Waals surface area contributed by atoms with Crippen molar-refractivity contribution in [3.05, 3.63) is 83.7 Å². The molecule has 1 aliphatic rings. The van der Waals surface area contributed by atoms with Gasteiger partial charge in [-0.05, 0) is 52.4 Å². The Bertz CT molecular complexity index is 1150. The number of benzene rings is 2. The summed E-state index contributed by atoms with van der Waals surface area (Å²) in [6.07, 6.45) is 3.21. The minimum absolute atomic E-state index is 0.00430. The van der Waals surface area contributed by atoms with Crippen LogP contribution in [-0.2, 0) is 6.54 Å². The lowest BCUT2D eigenvalue weighted by molar-refractivity contribution is 0.0722. The van der Waals surface area contributed by atoms with Crippen molar-refractivity contribution in [1.82, 2.24) is 35.1 Å². The van der Waals surface area contributed by atoms with E-state index < -0.39 is 0 Å². The largest absolute Gasteiger partial charge is 0.497 e. The molecular weight excluding hydrogens is 382 g/mol. The second-order valence-corrected chi connectivity index (χ2v) is 7.08. The fourth-order valence-electron chi connectivity index (χ4n) is 3.79. The van der Waals surface area contributed by atoms with E-state index in [1.807, 2.05) is 41.3 Å². The van der Waals surface area contributed by atoms with Gasteiger partial charge in [0, 0.05) is 18.0 Å². The van der Waals surface area contributed by atoms with E-state index in [1.165, 1.54) is 6.33 Å². The maximum atomic E-state index is 13.2. The summed E-state index contributed by atoms with van der Waals surface area (Å²) in [6.45, 7) is 1.05. The molecule has 1 N–H and O–H groups in total. The van der Waals surface area contributed by atoms with Crippen LogP contribution in [-0.4, -0.2) is 54.6 Å². The predicted molar refractivity (Wildman–Crippen MR) is 107 cm³/mol. The number of aromatic nitrogens is 6. The molecule has 2 aromatic carbocycles. The molecule has 30 heavy (non-hydrogen) atoms. The number of rotatable bonds is 4. The molecule has 3 heterocycles. The van der Waals surface area contributed by atoms with Crippen molar-refractivity contribution in [2.24, 2.45) is 0 Å². The molecule has 0 saturated carbocycles. The fourth-order valence-corrected chi connectivity index (χ4v) is 3.79. The lowest BCUT2D eigenvalue weighted by Gasteiger charge is -2.32. The molecule has 4 aromatic rings. The van der Waals surface area contributed by atoms with Crippen LogP contribution in [0.3, 0.4) is 0 Å². The number of fused-ring (bicyclic) bond motifs is 1. The molecule has 0 fully saturated rings. The molecule has 150 valence electrons. The van der Waals surface area contributed by atoms with Gasteiger partial charge in [0.1, 0.15) is 12.1 Å². The van der Waals surface area contributed by atoms with Crippen molar-refractivity contribution in [1.29, 1.82) is 0 Å². The van der Waals surface area contributed by atoms with Crippen LogP contribution >= 0.6 is 0 Å². The van der Waals surface area contributed by atoms with E-state index in [0.29, 0.717) is 18.7 Å². The highest BCUT2D eigenvalue weighted by Gasteiger charge is 2.31. The summed E-state index contributed by atoms with van der Waals surface area (Å²) in [5.41, 5.74) is 4.44. The number of tetrazole rings is 1. The second-order valence-electron chi connectivity index (χ2n) is 7.08. The molecule has 1 aliphatic heterocycles. The zero-order valence-corrected chi connectivity index (χ0v) is 16.3. The van der Waals surface area contributed by atoms with Gasteiger partial charge in [-0.1, -0.05) is 12.1 Å². The number of methoxy groups -OCH3 is 1. The number of hydrogen-bond donors (Lipinski definition) is 1. The number of imidazole rings is 1. The summed E-state index contributed by atoms with van der Waals surface area (Å²) in [6, 6.07) is 15.2. The summed E-state index contributed by atoms with van der Waals surface area (Å²) in [7, 11) is 1.65. The SMILES string of the molecule is COc1ccc(C2CN(C(=O)c3ccc(-n4cnnn4)cc3)Cc3[nH]cnc32)cc1. The van der Waals surface area contributed by atoms with E-state index >= 15 is 0 Å². The first-order chi connectivity index (χ1) is 14.7. The summed E-state index contributed by atoms with van der Waals surface area (Å²) in [4.78, 5) is 22.8. The molecule has 5 rings (SSSR count). The Morgan fingerprint density at radius 3 is 2.63 bits per heavy atom. The third-order valence-electron chi connectivity index (χ3n) is 5.37.